The van der Waals surface area contributed by atoms with Crippen LogP contribution >= 0.6 is 11.6 Å². The van der Waals surface area contributed by atoms with Crippen LogP contribution in [0.4, 0.5) is 5.82 Å². The molecule has 0 saturated heterocycles. The molecular formula is C14H24ClN3O. The van der Waals surface area contributed by atoms with E-state index in [-0.39, 0.29) is 12.0 Å². The molecule has 1 aromatic heterocycles. The average Bonchev–Trinajstić information content (AvgIpc) is 2.32. The number of anilines is 1. The first-order chi connectivity index (χ1) is 8.93. The maximum atomic E-state index is 8.69. The third-order valence-corrected chi connectivity index (χ3v) is 2.95. The highest BCUT2D eigenvalue weighted by molar-refractivity contribution is 6.29. The van der Waals surface area contributed by atoms with E-state index in [9.17, 15) is 0 Å². The van der Waals surface area contributed by atoms with Crippen LogP contribution in [0.3, 0.4) is 0 Å². The van der Waals surface area contributed by atoms with E-state index in [2.05, 4.69) is 36.1 Å². The molecule has 0 amide bonds. The van der Waals surface area contributed by atoms with Gasteiger partial charge in [-0.1, -0.05) is 45.2 Å². The van der Waals surface area contributed by atoms with Gasteiger partial charge in [-0.05, 0) is 12.8 Å². The van der Waals surface area contributed by atoms with Crippen molar-refractivity contribution in [3.8, 4) is 0 Å². The molecule has 19 heavy (non-hydrogen) atoms. The summed E-state index contributed by atoms with van der Waals surface area (Å²) in [4.78, 5) is 8.75. The molecule has 0 unspecified atom stereocenters. The zero-order valence-electron chi connectivity index (χ0n) is 12.0. The number of rotatable bonds is 7. The summed E-state index contributed by atoms with van der Waals surface area (Å²) in [5.41, 5.74) is -0.109. The molecule has 108 valence electrons. The molecule has 1 rings (SSSR count). The average molecular weight is 286 g/mol. The summed E-state index contributed by atoms with van der Waals surface area (Å²) in [6.45, 7) is 7.35. The van der Waals surface area contributed by atoms with Gasteiger partial charge in [-0.3, -0.25) is 0 Å². The summed E-state index contributed by atoms with van der Waals surface area (Å²) >= 11 is 6.02. The number of nitrogens with one attached hydrogen (secondary N) is 1. The molecule has 0 aromatic carbocycles. The Kier molecular flexibility index (Phi) is 6.52. The summed E-state index contributed by atoms with van der Waals surface area (Å²) in [6.07, 6.45) is 4.12. The van der Waals surface area contributed by atoms with Crippen molar-refractivity contribution in [3.05, 3.63) is 17.0 Å². The highest BCUT2D eigenvalue weighted by Gasteiger charge is 2.18. The molecule has 0 radical (unpaired) electrons. The Morgan fingerprint density at radius 1 is 1.16 bits per heavy atom. The summed E-state index contributed by atoms with van der Waals surface area (Å²) in [5, 5.41) is 12.4. The minimum absolute atomic E-state index is 0.109. The summed E-state index contributed by atoms with van der Waals surface area (Å²) < 4.78 is 0. The van der Waals surface area contributed by atoms with Gasteiger partial charge >= 0.3 is 0 Å². The maximum Gasteiger partial charge on any atom is 0.137 e. The first-order valence-electron chi connectivity index (χ1n) is 6.83. The van der Waals surface area contributed by atoms with Crippen molar-refractivity contribution < 1.29 is 5.11 Å². The summed E-state index contributed by atoms with van der Waals surface area (Å²) in [7, 11) is 0. The highest BCUT2D eigenvalue weighted by atomic mass is 35.5. The van der Waals surface area contributed by atoms with E-state index in [1.165, 1.54) is 0 Å². The third kappa shape index (κ3) is 6.21. The van der Waals surface area contributed by atoms with E-state index in [0.717, 1.165) is 43.9 Å². The minimum Gasteiger partial charge on any atom is -0.396 e. The molecule has 1 aromatic rings. The lowest BCUT2D eigenvalue weighted by Gasteiger charge is -2.17. The Morgan fingerprint density at radius 2 is 1.84 bits per heavy atom. The van der Waals surface area contributed by atoms with Gasteiger partial charge < -0.3 is 10.4 Å². The second-order valence-electron chi connectivity index (χ2n) is 5.71. The first-order valence-corrected chi connectivity index (χ1v) is 7.21. The van der Waals surface area contributed by atoms with Crippen LogP contribution < -0.4 is 5.32 Å². The Labute approximate surface area is 120 Å². The molecular weight excluding hydrogens is 262 g/mol. The van der Waals surface area contributed by atoms with Gasteiger partial charge in [0, 0.05) is 24.6 Å². The monoisotopic (exact) mass is 285 g/mol. The molecule has 1 heterocycles. The lowest BCUT2D eigenvalue weighted by Crippen LogP contribution is -2.17. The molecule has 4 nitrogen and oxygen atoms in total. The van der Waals surface area contributed by atoms with Crippen LogP contribution in [0.15, 0.2) is 6.07 Å². The zero-order chi connectivity index (χ0) is 14.3. The van der Waals surface area contributed by atoms with Crippen molar-refractivity contribution in [1.82, 2.24) is 9.97 Å². The van der Waals surface area contributed by atoms with Crippen molar-refractivity contribution in [2.24, 2.45) is 0 Å². The number of aliphatic hydroxyl groups excluding tert-OH is 1. The Morgan fingerprint density at radius 3 is 2.47 bits per heavy atom. The van der Waals surface area contributed by atoms with Gasteiger partial charge in [0.15, 0.2) is 0 Å². The summed E-state index contributed by atoms with van der Waals surface area (Å²) in [5.74, 6) is 1.54. The Hall–Kier alpha value is -0.870. The normalized spacial score (nSPS) is 11.6. The number of unbranched alkanes of at least 4 members (excludes halogenated alkanes) is 3. The standard InChI is InChI=1S/C14H24ClN3O/c1-14(2,3)13-17-11(15)10-12(18-13)16-8-6-4-5-7-9-19/h10,19H,4-9H2,1-3H3,(H,16,17,18). The fraction of sp³-hybridized carbons (Fsp3) is 0.714. The van der Waals surface area contributed by atoms with E-state index in [4.69, 9.17) is 16.7 Å². The van der Waals surface area contributed by atoms with E-state index in [0.29, 0.717) is 5.15 Å². The van der Waals surface area contributed by atoms with E-state index < -0.39 is 0 Å². The number of aromatic nitrogens is 2. The number of aliphatic hydroxyl groups is 1. The van der Waals surface area contributed by atoms with Gasteiger partial charge in [-0.15, -0.1) is 0 Å². The predicted octanol–water partition coefficient (Wildman–Crippen LogP) is 3.39. The fourth-order valence-electron chi connectivity index (χ4n) is 1.65. The van der Waals surface area contributed by atoms with Crippen LogP contribution in [0.25, 0.3) is 0 Å². The molecule has 0 aliphatic carbocycles. The maximum absolute atomic E-state index is 8.69. The van der Waals surface area contributed by atoms with E-state index >= 15 is 0 Å². The van der Waals surface area contributed by atoms with Gasteiger partial charge in [0.05, 0.1) is 0 Å². The van der Waals surface area contributed by atoms with Crippen LogP contribution in [0.1, 0.15) is 52.3 Å². The number of nitrogens with zero attached hydrogens (tertiary/aromatic N) is 2. The predicted molar refractivity (Wildman–Crippen MR) is 79.8 cm³/mol. The van der Waals surface area contributed by atoms with Crippen molar-refractivity contribution in [3.63, 3.8) is 0 Å². The summed E-state index contributed by atoms with van der Waals surface area (Å²) in [6, 6.07) is 1.75. The lowest BCUT2D eigenvalue weighted by atomic mass is 9.96. The van der Waals surface area contributed by atoms with Crippen molar-refractivity contribution in [2.75, 3.05) is 18.5 Å². The van der Waals surface area contributed by atoms with Crippen LogP contribution in [-0.4, -0.2) is 28.2 Å². The van der Waals surface area contributed by atoms with Crippen molar-refractivity contribution in [1.29, 1.82) is 0 Å². The molecule has 0 saturated carbocycles. The Bertz CT molecular complexity index is 391. The molecule has 0 fully saturated rings. The largest absolute Gasteiger partial charge is 0.396 e. The van der Waals surface area contributed by atoms with Crippen LogP contribution in [0.5, 0.6) is 0 Å². The Balaban J connectivity index is 2.48. The van der Waals surface area contributed by atoms with E-state index in [1.54, 1.807) is 6.07 Å². The highest BCUT2D eigenvalue weighted by Crippen LogP contribution is 2.22. The molecule has 0 bridgehead atoms. The van der Waals surface area contributed by atoms with E-state index in [1.807, 2.05) is 0 Å². The fourth-order valence-corrected chi connectivity index (χ4v) is 1.83. The molecule has 0 spiro atoms. The van der Waals surface area contributed by atoms with Crippen LogP contribution in [0, 0.1) is 0 Å². The minimum atomic E-state index is -0.109. The lowest BCUT2D eigenvalue weighted by molar-refractivity contribution is 0.283. The molecule has 5 heteroatoms. The van der Waals surface area contributed by atoms with Gasteiger partial charge in [0.2, 0.25) is 0 Å². The first kappa shape index (κ1) is 16.2. The van der Waals surface area contributed by atoms with Crippen molar-refractivity contribution in [2.45, 2.75) is 51.9 Å². The molecule has 0 atom stereocenters. The number of hydrogen-bond donors (Lipinski definition) is 2. The SMILES string of the molecule is CC(C)(C)c1nc(Cl)cc(NCCCCCCO)n1. The number of hydrogen-bond acceptors (Lipinski definition) is 4. The van der Waals surface area contributed by atoms with Gasteiger partial charge in [-0.2, -0.15) is 0 Å². The zero-order valence-corrected chi connectivity index (χ0v) is 12.8. The second-order valence-corrected chi connectivity index (χ2v) is 6.10. The molecule has 2 N–H and O–H groups in total. The number of halogens is 1. The quantitative estimate of drug-likeness (QED) is 0.595. The van der Waals surface area contributed by atoms with Gasteiger partial charge in [0.1, 0.15) is 16.8 Å². The third-order valence-electron chi connectivity index (χ3n) is 2.76. The van der Waals surface area contributed by atoms with Crippen LogP contribution in [-0.2, 0) is 5.41 Å². The van der Waals surface area contributed by atoms with Gasteiger partial charge in [0.25, 0.3) is 0 Å². The second kappa shape index (κ2) is 7.65. The smallest absolute Gasteiger partial charge is 0.137 e. The van der Waals surface area contributed by atoms with Crippen LogP contribution in [0.2, 0.25) is 5.15 Å². The molecule has 0 aliphatic heterocycles. The molecule has 0 aliphatic rings. The topological polar surface area (TPSA) is 58.0 Å². The van der Waals surface area contributed by atoms with Gasteiger partial charge in [-0.25, -0.2) is 9.97 Å². The van der Waals surface area contributed by atoms with Crippen molar-refractivity contribution >= 4 is 17.4 Å².